The number of ether oxygens (including phenoxy) is 4. The van der Waals surface area contributed by atoms with Gasteiger partial charge in [-0.15, -0.1) is 0 Å². The minimum atomic E-state index is -1.26. The predicted molar refractivity (Wildman–Crippen MR) is 329 cm³/mol. The number of H-pyrrole nitrogens is 2. The molecule has 0 bridgehead atoms. The van der Waals surface area contributed by atoms with Gasteiger partial charge in [-0.2, -0.15) is 10.2 Å². The average Bonchev–Trinajstić information content (AvgIpc) is 4.33. The summed E-state index contributed by atoms with van der Waals surface area (Å²) in [5.74, 6) is 0. The van der Waals surface area contributed by atoms with E-state index in [4.69, 9.17) is 24.0 Å². The molecular formula is C64H84N8O6Si2. The Labute approximate surface area is 475 Å². The van der Waals surface area contributed by atoms with Crippen LogP contribution in [0.15, 0.2) is 109 Å². The molecule has 4 aromatic carbocycles. The first-order valence-corrected chi connectivity index (χ1v) is 35.9. The molecule has 0 atom stereocenters. The Kier molecular flexibility index (Phi) is 17.5. The van der Waals surface area contributed by atoms with Crippen LogP contribution in [0.5, 0.6) is 0 Å². The van der Waals surface area contributed by atoms with Crippen molar-refractivity contribution >= 4 is 61.5 Å². The van der Waals surface area contributed by atoms with Crippen molar-refractivity contribution in [1.29, 1.82) is 0 Å². The van der Waals surface area contributed by atoms with Gasteiger partial charge in [-0.1, -0.05) is 140 Å². The average molecular weight is 1120 g/mol. The van der Waals surface area contributed by atoms with Crippen LogP contribution >= 0.6 is 0 Å². The van der Waals surface area contributed by atoms with Gasteiger partial charge in [0, 0.05) is 93.6 Å². The van der Waals surface area contributed by atoms with Crippen molar-refractivity contribution in [3.63, 3.8) is 0 Å². The second kappa shape index (κ2) is 24.2. The van der Waals surface area contributed by atoms with E-state index in [-0.39, 0.29) is 24.7 Å². The second-order valence-electron chi connectivity index (χ2n) is 26.0. The first-order valence-electron chi connectivity index (χ1n) is 28.5. The Bertz CT molecular complexity index is 3420. The van der Waals surface area contributed by atoms with Crippen LogP contribution in [0.3, 0.4) is 0 Å². The van der Waals surface area contributed by atoms with Gasteiger partial charge in [0.25, 0.3) is 0 Å². The summed E-state index contributed by atoms with van der Waals surface area (Å²) in [7, 11) is 1.04. The summed E-state index contributed by atoms with van der Waals surface area (Å²) in [6.45, 7) is 26.4. The second-order valence-corrected chi connectivity index (χ2v) is 37.3. The topological polar surface area (TPSA) is 145 Å². The lowest BCUT2D eigenvalue weighted by Gasteiger charge is -2.30. The van der Waals surface area contributed by atoms with E-state index in [2.05, 4.69) is 116 Å². The molecule has 16 heteroatoms. The molecule has 80 heavy (non-hydrogen) atoms. The number of amides is 2. The lowest BCUT2D eigenvalue weighted by Crippen LogP contribution is -2.26. The van der Waals surface area contributed by atoms with Crippen LogP contribution < -0.4 is 9.80 Å². The summed E-state index contributed by atoms with van der Waals surface area (Å²) < 4.78 is 28.1. The largest absolute Gasteiger partial charge is 0.444 e. The zero-order valence-corrected chi connectivity index (χ0v) is 51.4. The molecule has 0 saturated heterocycles. The molecule has 424 valence electrons. The number of aromatic amines is 2. The Morgan fingerprint density at radius 3 is 1.79 bits per heavy atom. The summed E-state index contributed by atoms with van der Waals surface area (Å²) in [4.78, 5) is 32.2. The van der Waals surface area contributed by atoms with E-state index in [1.807, 2.05) is 84.9 Å². The minimum Gasteiger partial charge on any atom is -0.444 e. The fraction of sp³-hybridized carbons (Fsp3) is 0.438. The molecule has 0 unspecified atom stereocenters. The van der Waals surface area contributed by atoms with Crippen molar-refractivity contribution in [2.24, 2.45) is 10.8 Å². The van der Waals surface area contributed by atoms with E-state index in [9.17, 15) is 9.59 Å². The molecule has 0 saturated carbocycles. The highest BCUT2D eigenvalue weighted by Gasteiger charge is 2.33. The number of fused-ring (bicyclic) bond motifs is 4. The van der Waals surface area contributed by atoms with E-state index >= 15 is 0 Å². The SMILES string of the molecule is CN(C(=O)OCc1ccccc1)c1ccc2cc(-c3n[nH]c4c3CCC(C)(C)C4)[nH]c2c1.CN(C(=O)OCc1ccccc1)c1ccc2cc(-c3nn(COCC[Si](C)(C)C)c4c3CCC(C)(C)C4)n(COCC[Si](C)(C)C)c2c1. The molecule has 0 radical (unpaired) electrons. The molecule has 2 aliphatic rings. The normalized spacial score (nSPS) is 14.8. The van der Waals surface area contributed by atoms with Crippen molar-refractivity contribution in [3.8, 4) is 22.8 Å². The van der Waals surface area contributed by atoms with Crippen molar-refractivity contribution in [3.05, 3.63) is 143 Å². The molecular weight excluding hydrogens is 1030 g/mol. The predicted octanol–water partition coefficient (Wildman–Crippen LogP) is 15.3. The number of carbonyl (C=O) groups excluding carboxylic acids is 2. The highest BCUT2D eigenvalue weighted by atomic mass is 28.3. The number of hydrogen-bond donors (Lipinski definition) is 2. The lowest BCUT2D eigenvalue weighted by molar-refractivity contribution is 0.0747. The van der Waals surface area contributed by atoms with Crippen molar-refractivity contribution in [2.75, 3.05) is 37.1 Å². The van der Waals surface area contributed by atoms with Gasteiger partial charge >= 0.3 is 12.2 Å². The Hall–Kier alpha value is -6.73. The number of rotatable bonds is 18. The number of aromatic nitrogens is 6. The number of nitrogens with one attached hydrogen (secondary N) is 2. The zero-order chi connectivity index (χ0) is 57.0. The van der Waals surface area contributed by atoms with Crippen LogP contribution in [-0.2, 0) is 71.3 Å². The number of anilines is 2. The number of nitrogens with zero attached hydrogens (tertiary/aromatic N) is 6. The van der Waals surface area contributed by atoms with E-state index in [0.29, 0.717) is 25.5 Å². The highest BCUT2D eigenvalue weighted by molar-refractivity contribution is 6.76. The third-order valence-electron chi connectivity index (χ3n) is 15.7. The minimum absolute atomic E-state index is 0.210. The number of carbonyl (C=O) groups is 2. The molecule has 0 aliphatic heterocycles. The molecule has 8 aromatic rings. The molecule has 14 nitrogen and oxygen atoms in total. The van der Waals surface area contributed by atoms with Crippen LogP contribution in [0.2, 0.25) is 51.4 Å². The van der Waals surface area contributed by atoms with Gasteiger partial charge in [-0.05, 0) is 109 Å². The van der Waals surface area contributed by atoms with Gasteiger partial charge < -0.3 is 28.5 Å². The van der Waals surface area contributed by atoms with Crippen LogP contribution in [-0.4, -0.2) is 85.2 Å². The quantitative estimate of drug-likeness (QED) is 0.0638. The molecule has 0 spiro atoms. The van der Waals surface area contributed by atoms with Crippen LogP contribution in [0.25, 0.3) is 44.6 Å². The number of hydrogen-bond acceptors (Lipinski definition) is 8. The maximum Gasteiger partial charge on any atom is 0.414 e. The molecule has 4 heterocycles. The van der Waals surface area contributed by atoms with E-state index in [1.54, 1.807) is 19.0 Å². The third-order valence-corrected chi connectivity index (χ3v) is 19.1. The molecule has 10 rings (SSSR count). The standard InChI is InChI=1S/C38H56N4O4Si2.C26H28N4O2/c1-38(2)18-17-32-35(25-38)42(28-45-20-22-48(7,8)9)39-36(32)34-23-30-15-16-31(24-33(30)41(34)27-44-19-21-47(4,5)6)40(3)37(43)46-26-29-13-11-10-12-14-29;1-26(2)12-11-20-23(15-26)28-29-24(20)22-13-18-9-10-19(14-21(18)27-22)30(3)25(31)32-16-17-7-5-4-6-8-17/h10-16,23-24H,17-22,25-28H2,1-9H3;4-10,13-14,27H,11-12,15-16H2,1-3H3,(H,28,29). The smallest absolute Gasteiger partial charge is 0.414 e. The van der Waals surface area contributed by atoms with Gasteiger partial charge in [0.05, 0.1) is 16.9 Å². The Morgan fingerprint density at radius 2 is 1.19 bits per heavy atom. The first-order chi connectivity index (χ1) is 38.0. The summed E-state index contributed by atoms with van der Waals surface area (Å²) in [5, 5.41) is 15.3. The Balaban J connectivity index is 0.000000209. The van der Waals surface area contributed by atoms with Gasteiger partial charge in [0.1, 0.15) is 38.1 Å². The van der Waals surface area contributed by atoms with Gasteiger partial charge in [0.2, 0.25) is 0 Å². The van der Waals surface area contributed by atoms with E-state index in [1.165, 1.54) is 27.4 Å². The van der Waals surface area contributed by atoms with Gasteiger partial charge in [0.15, 0.2) is 0 Å². The summed E-state index contributed by atoms with van der Waals surface area (Å²) in [5.41, 5.74) is 15.2. The van der Waals surface area contributed by atoms with Gasteiger partial charge in [-0.3, -0.25) is 14.9 Å². The fourth-order valence-electron chi connectivity index (χ4n) is 10.5. The molecule has 2 amide bonds. The molecule has 2 aliphatic carbocycles. The third kappa shape index (κ3) is 14.4. The fourth-order valence-corrected chi connectivity index (χ4v) is 12.0. The molecule has 4 aromatic heterocycles. The summed E-state index contributed by atoms with van der Waals surface area (Å²) >= 11 is 0. The Morgan fingerprint density at radius 1 is 0.637 bits per heavy atom. The van der Waals surface area contributed by atoms with E-state index < -0.39 is 22.2 Å². The van der Waals surface area contributed by atoms with Crippen molar-refractivity contribution in [2.45, 2.75) is 144 Å². The maximum absolute atomic E-state index is 13.1. The highest BCUT2D eigenvalue weighted by Crippen LogP contribution is 2.42. The molecule has 0 fully saturated rings. The first kappa shape index (κ1) is 57.9. The van der Waals surface area contributed by atoms with Gasteiger partial charge in [-0.25, -0.2) is 14.3 Å². The van der Waals surface area contributed by atoms with Crippen LogP contribution in [0, 0.1) is 10.8 Å². The number of benzene rings is 4. The zero-order valence-electron chi connectivity index (χ0n) is 49.4. The summed E-state index contributed by atoms with van der Waals surface area (Å²) in [6.07, 6.45) is 5.50. The van der Waals surface area contributed by atoms with Crippen molar-refractivity contribution < 1.29 is 28.5 Å². The lowest BCUT2D eigenvalue weighted by atomic mass is 9.76. The van der Waals surface area contributed by atoms with E-state index in [0.717, 1.165) is 124 Å². The van der Waals surface area contributed by atoms with Crippen molar-refractivity contribution in [1.82, 2.24) is 29.5 Å². The molecule has 2 N–H and O–H groups in total. The monoisotopic (exact) mass is 1120 g/mol. The van der Waals surface area contributed by atoms with Crippen LogP contribution in [0.1, 0.15) is 74.2 Å². The van der Waals surface area contributed by atoms with Crippen LogP contribution in [0.4, 0.5) is 21.0 Å². The maximum atomic E-state index is 13.1. The summed E-state index contributed by atoms with van der Waals surface area (Å²) in [6, 6.07) is 38.1.